The zero-order valence-corrected chi connectivity index (χ0v) is 7.14. The molecule has 0 aliphatic carbocycles. The van der Waals surface area contributed by atoms with Crippen LogP contribution in [0.1, 0.15) is 13.3 Å². The number of urea groups is 1. The molecule has 0 aromatic heterocycles. The van der Waals surface area contributed by atoms with Crippen LogP contribution in [0, 0.1) is 0 Å². The highest BCUT2D eigenvalue weighted by atomic mass is 79.9. The Morgan fingerprint density at radius 2 is 2.20 bits per heavy atom. The second-order valence-electron chi connectivity index (χ2n) is 1.73. The Morgan fingerprint density at radius 3 is 2.50 bits per heavy atom. The van der Waals surface area contributed by atoms with Gasteiger partial charge in [0.15, 0.2) is 0 Å². The average molecular weight is 209 g/mol. The SMILES string of the molecule is CCC(Br)C(=O)NC(N)=O. The van der Waals surface area contributed by atoms with Crippen molar-refractivity contribution in [1.82, 2.24) is 5.32 Å². The number of carbonyl (C=O) groups excluding carboxylic acids is 2. The minimum Gasteiger partial charge on any atom is -0.351 e. The third kappa shape index (κ3) is 3.45. The molecule has 3 amide bonds. The van der Waals surface area contributed by atoms with Crippen molar-refractivity contribution in [1.29, 1.82) is 0 Å². The topological polar surface area (TPSA) is 72.2 Å². The largest absolute Gasteiger partial charge is 0.351 e. The summed E-state index contributed by atoms with van der Waals surface area (Å²) < 4.78 is 0. The van der Waals surface area contributed by atoms with E-state index in [0.717, 1.165) is 0 Å². The van der Waals surface area contributed by atoms with Gasteiger partial charge in [-0.05, 0) is 6.42 Å². The van der Waals surface area contributed by atoms with Crippen LogP contribution in [0.2, 0.25) is 0 Å². The molecule has 3 N–H and O–H groups in total. The molecule has 10 heavy (non-hydrogen) atoms. The maximum Gasteiger partial charge on any atom is 0.318 e. The van der Waals surface area contributed by atoms with E-state index in [1.54, 1.807) is 0 Å². The lowest BCUT2D eigenvalue weighted by atomic mass is 10.3. The van der Waals surface area contributed by atoms with E-state index in [2.05, 4.69) is 15.9 Å². The molecule has 0 aliphatic heterocycles. The van der Waals surface area contributed by atoms with Gasteiger partial charge in [0.25, 0.3) is 0 Å². The van der Waals surface area contributed by atoms with Crippen LogP contribution in [0.4, 0.5) is 4.79 Å². The quantitative estimate of drug-likeness (QED) is 0.644. The number of hydrogen-bond acceptors (Lipinski definition) is 2. The third-order valence-electron chi connectivity index (χ3n) is 0.889. The number of hydrogen-bond donors (Lipinski definition) is 2. The maximum absolute atomic E-state index is 10.7. The Bertz CT molecular complexity index is 149. The van der Waals surface area contributed by atoms with Gasteiger partial charge in [-0.25, -0.2) is 4.79 Å². The molecule has 0 aromatic carbocycles. The monoisotopic (exact) mass is 208 g/mol. The van der Waals surface area contributed by atoms with E-state index in [9.17, 15) is 9.59 Å². The molecule has 0 heterocycles. The number of carbonyl (C=O) groups is 2. The zero-order chi connectivity index (χ0) is 8.15. The first kappa shape index (κ1) is 9.42. The first-order valence-electron chi connectivity index (χ1n) is 2.82. The van der Waals surface area contributed by atoms with Gasteiger partial charge in [0, 0.05) is 0 Å². The van der Waals surface area contributed by atoms with Gasteiger partial charge in [-0.15, -0.1) is 0 Å². The predicted octanol–water partition coefficient (Wildman–Crippen LogP) is 0.355. The molecule has 0 fully saturated rings. The van der Waals surface area contributed by atoms with Crippen LogP contribution in [-0.4, -0.2) is 16.8 Å². The van der Waals surface area contributed by atoms with Crippen molar-refractivity contribution in [2.75, 3.05) is 0 Å². The summed E-state index contributed by atoms with van der Waals surface area (Å²) in [7, 11) is 0. The third-order valence-corrected chi connectivity index (χ3v) is 1.95. The van der Waals surface area contributed by atoms with Gasteiger partial charge >= 0.3 is 6.03 Å². The van der Waals surface area contributed by atoms with Crippen LogP contribution < -0.4 is 11.1 Å². The molecule has 58 valence electrons. The van der Waals surface area contributed by atoms with Crippen molar-refractivity contribution in [2.45, 2.75) is 18.2 Å². The first-order valence-corrected chi connectivity index (χ1v) is 3.73. The molecule has 1 atom stereocenters. The predicted molar refractivity (Wildman–Crippen MR) is 40.7 cm³/mol. The van der Waals surface area contributed by atoms with Gasteiger partial charge in [-0.1, -0.05) is 22.9 Å². The van der Waals surface area contributed by atoms with Gasteiger partial charge < -0.3 is 5.73 Å². The highest BCUT2D eigenvalue weighted by Gasteiger charge is 2.12. The standard InChI is InChI=1S/C5H9BrN2O2/c1-2-3(6)4(9)8-5(7)10/h3H,2H2,1H3,(H3,7,8,9,10). The van der Waals surface area contributed by atoms with Crippen molar-refractivity contribution in [3.63, 3.8) is 0 Å². The number of amides is 3. The molecule has 0 aliphatic rings. The summed E-state index contributed by atoms with van der Waals surface area (Å²) in [6, 6.07) is -0.817. The van der Waals surface area contributed by atoms with Crippen molar-refractivity contribution < 1.29 is 9.59 Å². The molecule has 0 radical (unpaired) electrons. The van der Waals surface area contributed by atoms with Crippen LogP contribution >= 0.6 is 15.9 Å². The van der Waals surface area contributed by atoms with E-state index in [-0.39, 0.29) is 4.83 Å². The normalized spacial score (nSPS) is 12.2. The van der Waals surface area contributed by atoms with Crippen molar-refractivity contribution >= 4 is 27.9 Å². The molecule has 0 saturated carbocycles. The first-order chi connectivity index (χ1) is 4.57. The Morgan fingerprint density at radius 1 is 1.70 bits per heavy atom. The lowest BCUT2D eigenvalue weighted by Gasteiger charge is -2.03. The number of primary amides is 1. The number of nitrogens with two attached hydrogens (primary N) is 1. The molecule has 0 spiro atoms. The van der Waals surface area contributed by atoms with Crippen molar-refractivity contribution in [3.8, 4) is 0 Å². The summed E-state index contributed by atoms with van der Waals surface area (Å²) in [4.78, 5) is 20.5. The summed E-state index contributed by atoms with van der Waals surface area (Å²) in [5.74, 6) is -0.394. The summed E-state index contributed by atoms with van der Waals surface area (Å²) in [6.45, 7) is 1.82. The fourth-order valence-corrected chi connectivity index (χ4v) is 0.500. The number of nitrogens with one attached hydrogen (secondary N) is 1. The number of halogens is 1. The summed E-state index contributed by atoms with van der Waals surface area (Å²) in [5.41, 5.74) is 4.69. The van der Waals surface area contributed by atoms with Gasteiger partial charge in [0.1, 0.15) is 0 Å². The second-order valence-corrected chi connectivity index (χ2v) is 2.83. The maximum atomic E-state index is 10.7. The lowest BCUT2D eigenvalue weighted by Crippen LogP contribution is -2.39. The summed E-state index contributed by atoms with van der Waals surface area (Å²) in [6.07, 6.45) is 0.624. The highest BCUT2D eigenvalue weighted by Crippen LogP contribution is 2.02. The van der Waals surface area contributed by atoms with Gasteiger partial charge in [-0.3, -0.25) is 10.1 Å². The Hall–Kier alpha value is -0.580. The molecule has 0 rings (SSSR count). The van der Waals surface area contributed by atoms with Gasteiger partial charge in [-0.2, -0.15) is 0 Å². The molecular weight excluding hydrogens is 200 g/mol. The van der Waals surface area contributed by atoms with Crippen LogP contribution in [0.3, 0.4) is 0 Å². The number of imide groups is 1. The van der Waals surface area contributed by atoms with E-state index in [0.29, 0.717) is 6.42 Å². The van der Waals surface area contributed by atoms with Gasteiger partial charge in [0.2, 0.25) is 5.91 Å². The van der Waals surface area contributed by atoms with Gasteiger partial charge in [0.05, 0.1) is 4.83 Å². The smallest absolute Gasteiger partial charge is 0.318 e. The van der Waals surface area contributed by atoms with Crippen LogP contribution in [-0.2, 0) is 4.79 Å². The fraction of sp³-hybridized carbons (Fsp3) is 0.600. The molecule has 4 nitrogen and oxygen atoms in total. The lowest BCUT2D eigenvalue weighted by molar-refractivity contribution is -0.119. The van der Waals surface area contributed by atoms with Crippen LogP contribution in [0.25, 0.3) is 0 Å². The average Bonchev–Trinajstić information content (AvgIpc) is 1.85. The minimum atomic E-state index is -0.817. The molecular formula is C5H9BrN2O2. The Kier molecular flexibility index (Phi) is 4.02. The molecule has 0 aromatic rings. The van der Waals surface area contributed by atoms with Crippen LogP contribution in [0.15, 0.2) is 0 Å². The van der Waals surface area contributed by atoms with Crippen molar-refractivity contribution in [3.05, 3.63) is 0 Å². The fourth-order valence-electron chi connectivity index (χ4n) is 0.385. The van der Waals surface area contributed by atoms with E-state index in [4.69, 9.17) is 5.73 Å². The van der Waals surface area contributed by atoms with E-state index < -0.39 is 11.9 Å². The van der Waals surface area contributed by atoms with Crippen LogP contribution in [0.5, 0.6) is 0 Å². The molecule has 5 heteroatoms. The summed E-state index contributed by atoms with van der Waals surface area (Å²) in [5, 5.41) is 1.95. The molecule has 0 saturated heterocycles. The zero-order valence-electron chi connectivity index (χ0n) is 5.56. The Balaban J connectivity index is 3.73. The highest BCUT2D eigenvalue weighted by molar-refractivity contribution is 9.10. The second kappa shape index (κ2) is 4.27. The van der Waals surface area contributed by atoms with E-state index in [1.807, 2.05) is 12.2 Å². The van der Waals surface area contributed by atoms with E-state index >= 15 is 0 Å². The number of rotatable bonds is 2. The summed E-state index contributed by atoms with van der Waals surface area (Å²) >= 11 is 3.05. The Labute approximate surface area is 67.3 Å². The minimum absolute atomic E-state index is 0.333. The van der Waals surface area contributed by atoms with Crippen molar-refractivity contribution in [2.24, 2.45) is 5.73 Å². The number of alkyl halides is 1. The van der Waals surface area contributed by atoms with E-state index in [1.165, 1.54) is 0 Å². The molecule has 0 bridgehead atoms. The molecule has 1 unspecified atom stereocenters.